The Labute approximate surface area is 172 Å². The maximum atomic E-state index is 12.5. The Bertz CT molecular complexity index is 1210. The van der Waals surface area contributed by atoms with Gasteiger partial charge in [0.1, 0.15) is 6.54 Å². The number of nitrogens with zero attached hydrogens (tertiary/aromatic N) is 4. The van der Waals surface area contributed by atoms with Crippen molar-refractivity contribution >= 4 is 22.6 Å². The molecule has 0 aliphatic carbocycles. The van der Waals surface area contributed by atoms with Crippen LogP contribution in [0.1, 0.15) is 28.9 Å². The highest BCUT2D eigenvalue weighted by Gasteiger charge is 2.14. The monoisotopic (exact) mass is 400 g/mol. The average molecular weight is 400 g/mol. The molecule has 1 unspecified atom stereocenters. The van der Waals surface area contributed by atoms with Gasteiger partial charge in [0.2, 0.25) is 17.6 Å². The topological polar surface area (TPSA) is 116 Å². The van der Waals surface area contributed by atoms with Gasteiger partial charge in [0.05, 0.1) is 6.04 Å². The van der Waals surface area contributed by atoms with Crippen LogP contribution in [0, 0.1) is 0 Å². The zero-order valence-corrected chi connectivity index (χ0v) is 16.3. The Balaban J connectivity index is 1.43. The molecular weight excluding hydrogens is 380 g/mol. The quantitative estimate of drug-likeness (QED) is 0.516. The van der Waals surface area contributed by atoms with Gasteiger partial charge >= 0.3 is 0 Å². The van der Waals surface area contributed by atoms with Crippen LogP contribution in [0.2, 0.25) is 0 Å². The Hall–Kier alpha value is -4.07. The first-order valence-corrected chi connectivity index (χ1v) is 9.46. The molecule has 0 bridgehead atoms. The number of carbonyl (C=O) groups is 2. The molecular formula is C22H20N6O2. The fraction of sp³-hybridized carbons (Fsp3) is 0.136. The Morgan fingerprint density at radius 1 is 1.03 bits per heavy atom. The average Bonchev–Trinajstić information content (AvgIpc) is 3.21. The van der Waals surface area contributed by atoms with Gasteiger partial charge in [0.25, 0.3) is 0 Å². The first-order chi connectivity index (χ1) is 14.5. The van der Waals surface area contributed by atoms with E-state index in [1.807, 2.05) is 49.4 Å². The van der Waals surface area contributed by atoms with E-state index in [2.05, 4.69) is 20.7 Å². The maximum Gasteiger partial charge on any atom is 0.248 e. The molecule has 4 rings (SSSR count). The van der Waals surface area contributed by atoms with Gasteiger partial charge in [-0.2, -0.15) is 4.80 Å². The van der Waals surface area contributed by atoms with Gasteiger partial charge in [-0.15, -0.1) is 10.2 Å². The second kappa shape index (κ2) is 8.12. The largest absolute Gasteiger partial charge is 0.366 e. The molecule has 1 heterocycles. The smallest absolute Gasteiger partial charge is 0.248 e. The molecule has 3 N–H and O–H groups in total. The molecule has 30 heavy (non-hydrogen) atoms. The Morgan fingerprint density at radius 2 is 1.77 bits per heavy atom. The highest BCUT2D eigenvalue weighted by Crippen LogP contribution is 2.24. The van der Waals surface area contributed by atoms with Gasteiger partial charge in [-0.3, -0.25) is 9.59 Å². The summed E-state index contributed by atoms with van der Waals surface area (Å²) in [6.07, 6.45) is 0. The standard InChI is InChI=1S/C22H20N6O2/c1-14(18-8-4-6-15-5-2-3-7-19(15)18)24-20(29)13-28-26-22(25-27-28)17-11-9-16(10-12-17)21(23)30/h2-12,14H,13H2,1H3,(H2,23,30)(H,24,29). The minimum absolute atomic E-state index is 0.0541. The SMILES string of the molecule is CC(NC(=O)Cn1nnc(-c2ccc(C(N)=O)cc2)n1)c1cccc2ccccc12. The van der Waals surface area contributed by atoms with Crippen molar-refractivity contribution in [3.63, 3.8) is 0 Å². The number of primary amides is 1. The molecule has 150 valence electrons. The summed E-state index contributed by atoms with van der Waals surface area (Å²) in [5, 5.41) is 17.4. The van der Waals surface area contributed by atoms with Crippen LogP contribution in [0.3, 0.4) is 0 Å². The number of nitrogens with two attached hydrogens (primary N) is 1. The molecule has 8 nitrogen and oxygen atoms in total. The Morgan fingerprint density at radius 3 is 2.53 bits per heavy atom. The molecule has 2 amide bonds. The van der Waals surface area contributed by atoms with E-state index in [-0.39, 0.29) is 18.5 Å². The van der Waals surface area contributed by atoms with Crippen molar-refractivity contribution in [1.82, 2.24) is 25.5 Å². The number of hydrogen-bond donors (Lipinski definition) is 2. The summed E-state index contributed by atoms with van der Waals surface area (Å²) in [5.41, 5.74) is 7.36. The molecule has 0 fully saturated rings. The van der Waals surface area contributed by atoms with Crippen molar-refractivity contribution in [2.75, 3.05) is 0 Å². The van der Waals surface area contributed by atoms with E-state index in [0.717, 1.165) is 16.3 Å². The van der Waals surface area contributed by atoms with Crippen LogP contribution in [-0.2, 0) is 11.3 Å². The number of nitrogens with one attached hydrogen (secondary N) is 1. The Kier molecular flexibility index (Phi) is 5.21. The predicted molar refractivity (Wildman–Crippen MR) is 112 cm³/mol. The van der Waals surface area contributed by atoms with Gasteiger partial charge in [-0.25, -0.2) is 0 Å². The maximum absolute atomic E-state index is 12.5. The first kappa shape index (κ1) is 19.3. The minimum atomic E-state index is -0.504. The highest BCUT2D eigenvalue weighted by atomic mass is 16.2. The molecule has 0 saturated heterocycles. The lowest BCUT2D eigenvalue weighted by Crippen LogP contribution is -2.31. The van der Waals surface area contributed by atoms with Crippen molar-refractivity contribution in [3.05, 3.63) is 77.9 Å². The molecule has 1 aromatic heterocycles. The summed E-state index contributed by atoms with van der Waals surface area (Å²) < 4.78 is 0. The summed E-state index contributed by atoms with van der Waals surface area (Å²) in [7, 11) is 0. The van der Waals surface area contributed by atoms with E-state index in [1.54, 1.807) is 24.3 Å². The molecule has 4 aromatic rings. The zero-order chi connectivity index (χ0) is 21.1. The number of hydrogen-bond acceptors (Lipinski definition) is 5. The lowest BCUT2D eigenvalue weighted by Gasteiger charge is -2.16. The molecule has 1 atom stereocenters. The van der Waals surface area contributed by atoms with Gasteiger partial charge < -0.3 is 11.1 Å². The van der Waals surface area contributed by atoms with E-state index < -0.39 is 5.91 Å². The molecule has 0 radical (unpaired) electrons. The van der Waals surface area contributed by atoms with Crippen LogP contribution >= 0.6 is 0 Å². The normalized spacial score (nSPS) is 11.9. The summed E-state index contributed by atoms with van der Waals surface area (Å²) in [6.45, 7) is 1.89. The van der Waals surface area contributed by atoms with Crippen LogP contribution in [0.4, 0.5) is 0 Å². The van der Waals surface area contributed by atoms with E-state index in [1.165, 1.54) is 4.80 Å². The van der Waals surface area contributed by atoms with E-state index >= 15 is 0 Å². The predicted octanol–water partition coefficient (Wildman–Crippen LogP) is 2.47. The molecule has 0 aliphatic rings. The van der Waals surface area contributed by atoms with Crippen molar-refractivity contribution in [1.29, 1.82) is 0 Å². The third-order valence-electron chi connectivity index (χ3n) is 4.83. The molecule has 0 spiro atoms. The third kappa shape index (κ3) is 4.02. The number of amides is 2. The number of rotatable bonds is 6. The molecule has 0 saturated carbocycles. The van der Waals surface area contributed by atoms with E-state index in [9.17, 15) is 9.59 Å². The van der Waals surface area contributed by atoms with Gasteiger partial charge in [0, 0.05) is 11.1 Å². The van der Waals surface area contributed by atoms with Crippen molar-refractivity contribution in [2.24, 2.45) is 5.73 Å². The van der Waals surface area contributed by atoms with Crippen LogP contribution in [0.15, 0.2) is 66.7 Å². The lowest BCUT2D eigenvalue weighted by molar-refractivity contribution is -0.122. The molecule has 8 heteroatoms. The molecule has 0 aliphatic heterocycles. The van der Waals surface area contributed by atoms with Gasteiger partial charge in [-0.1, -0.05) is 54.6 Å². The highest BCUT2D eigenvalue weighted by molar-refractivity contribution is 5.93. The van der Waals surface area contributed by atoms with Crippen LogP contribution in [-0.4, -0.2) is 32.0 Å². The number of benzene rings is 3. The van der Waals surface area contributed by atoms with E-state index in [0.29, 0.717) is 17.0 Å². The minimum Gasteiger partial charge on any atom is -0.366 e. The summed E-state index contributed by atoms with van der Waals surface area (Å²) >= 11 is 0. The third-order valence-corrected chi connectivity index (χ3v) is 4.83. The van der Waals surface area contributed by atoms with Gasteiger partial charge in [-0.05, 0) is 40.6 Å². The first-order valence-electron chi connectivity index (χ1n) is 9.46. The summed E-state index contributed by atoms with van der Waals surface area (Å²) in [6, 6.07) is 20.5. The van der Waals surface area contributed by atoms with Gasteiger partial charge in [0.15, 0.2) is 0 Å². The zero-order valence-electron chi connectivity index (χ0n) is 16.3. The number of aromatic nitrogens is 4. The van der Waals surface area contributed by atoms with Crippen LogP contribution in [0.5, 0.6) is 0 Å². The number of tetrazole rings is 1. The second-order valence-electron chi connectivity index (χ2n) is 6.94. The summed E-state index contributed by atoms with van der Waals surface area (Å²) in [4.78, 5) is 24.9. The molecule has 3 aromatic carbocycles. The second-order valence-corrected chi connectivity index (χ2v) is 6.94. The van der Waals surface area contributed by atoms with Crippen molar-refractivity contribution in [2.45, 2.75) is 19.5 Å². The fourth-order valence-electron chi connectivity index (χ4n) is 3.33. The number of fused-ring (bicyclic) bond motifs is 1. The van der Waals surface area contributed by atoms with E-state index in [4.69, 9.17) is 5.73 Å². The fourth-order valence-corrected chi connectivity index (χ4v) is 3.33. The van der Waals surface area contributed by atoms with Crippen molar-refractivity contribution in [3.8, 4) is 11.4 Å². The van der Waals surface area contributed by atoms with Crippen molar-refractivity contribution < 1.29 is 9.59 Å². The van der Waals surface area contributed by atoms with Crippen LogP contribution in [0.25, 0.3) is 22.2 Å². The number of carbonyl (C=O) groups excluding carboxylic acids is 2. The lowest BCUT2D eigenvalue weighted by atomic mass is 10.00. The summed E-state index contributed by atoms with van der Waals surface area (Å²) in [5.74, 6) is -0.362. The van der Waals surface area contributed by atoms with Crippen LogP contribution < -0.4 is 11.1 Å².